The van der Waals surface area contributed by atoms with Crippen LogP contribution in [-0.2, 0) is 22.6 Å². The first-order chi connectivity index (χ1) is 21.0. The molecule has 43 heavy (non-hydrogen) atoms. The van der Waals surface area contributed by atoms with Gasteiger partial charge in [0, 0.05) is 23.8 Å². The van der Waals surface area contributed by atoms with E-state index < -0.39 is 6.29 Å². The lowest BCUT2D eigenvalue weighted by atomic mass is 9.91. The Kier molecular flexibility index (Phi) is 9.06. The minimum Gasteiger partial charge on any atom is -0.392 e. The lowest BCUT2D eigenvalue weighted by Gasteiger charge is -2.41. The Morgan fingerprint density at radius 1 is 0.953 bits per heavy atom. The summed E-state index contributed by atoms with van der Waals surface area (Å²) in [6.07, 6.45) is 0.624. The van der Waals surface area contributed by atoms with E-state index in [4.69, 9.17) is 9.47 Å². The van der Waals surface area contributed by atoms with Crippen molar-refractivity contribution in [2.24, 2.45) is 5.92 Å². The molecule has 1 aliphatic rings. The van der Waals surface area contributed by atoms with Gasteiger partial charge in [0.05, 0.1) is 36.0 Å². The summed E-state index contributed by atoms with van der Waals surface area (Å²) in [5.74, 6) is 0.504. The molecular weight excluding hydrogens is 583 g/mol. The molecule has 9 nitrogen and oxygen atoms in total. The zero-order chi connectivity index (χ0) is 29.8. The van der Waals surface area contributed by atoms with Crippen molar-refractivity contribution in [2.45, 2.75) is 49.8 Å². The number of nitrogens with one attached hydrogen (secondary N) is 1. The molecule has 1 amide bonds. The number of aryl methyl sites for hydroxylation is 1. The zero-order valence-electron chi connectivity index (χ0n) is 23.7. The van der Waals surface area contributed by atoms with Crippen molar-refractivity contribution in [3.05, 3.63) is 112 Å². The summed E-state index contributed by atoms with van der Waals surface area (Å²) in [5.41, 5.74) is 5.42. The second kappa shape index (κ2) is 13.3. The number of hydrogen-bond acceptors (Lipinski definition) is 10. The summed E-state index contributed by atoms with van der Waals surface area (Å²) in [4.78, 5) is 21.5. The topological polar surface area (TPSA) is 119 Å². The third-order valence-electron chi connectivity index (χ3n) is 7.39. The molecular formula is C32H31N5O4S2. The summed E-state index contributed by atoms with van der Waals surface area (Å²) < 4.78 is 14.0. The van der Waals surface area contributed by atoms with Gasteiger partial charge in [-0.05, 0) is 35.7 Å². The molecule has 0 spiro atoms. The normalized spacial score (nSPS) is 20.3. The fourth-order valence-electron chi connectivity index (χ4n) is 4.93. The smallest absolute Gasteiger partial charge is 0.271 e. The molecule has 5 aromatic rings. The third-order valence-corrected chi connectivity index (χ3v) is 9.45. The summed E-state index contributed by atoms with van der Waals surface area (Å²) in [7, 11) is 0. The van der Waals surface area contributed by atoms with Gasteiger partial charge in [-0.25, -0.2) is 4.98 Å². The Morgan fingerprint density at radius 3 is 2.40 bits per heavy atom. The van der Waals surface area contributed by atoms with E-state index in [1.807, 2.05) is 79.7 Å². The van der Waals surface area contributed by atoms with E-state index in [0.29, 0.717) is 17.8 Å². The average molecular weight is 614 g/mol. The Labute approximate surface area is 257 Å². The molecule has 1 fully saturated rings. The van der Waals surface area contributed by atoms with Crippen LogP contribution in [0.1, 0.15) is 57.1 Å². The Hall–Kier alpha value is -3.74. The Balaban J connectivity index is 1.15. The number of aliphatic hydroxyl groups excluding tert-OH is 1. The van der Waals surface area contributed by atoms with Crippen LogP contribution in [0.2, 0.25) is 0 Å². The number of amides is 1. The summed E-state index contributed by atoms with van der Waals surface area (Å²) in [6, 6.07) is 23.2. The van der Waals surface area contributed by atoms with Gasteiger partial charge in [-0.15, -0.1) is 10.2 Å². The zero-order valence-corrected chi connectivity index (χ0v) is 25.3. The molecule has 0 bridgehead atoms. The number of ether oxygens (including phenoxy) is 2. The van der Waals surface area contributed by atoms with Crippen LogP contribution in [0.5, 0.6) is 0 Å². The van der Waals surface area contributed by atoms with Gasteiger partial charge < -0.3 is 19.9 Å². The highest BCUT2D eigenvalue weighted by Crippen LogP contribution is 2.43. The van der Waals surface area contributed by atoms with E-state index in [2.05, 4.69) is 32.4 Å². The van der Waals surface area contributed by atoms with E-state index >= 15 is 0 Å². The van der Waals surface area contributed by atoms with Crippen LogP contribution >= 0.6 is 23.1 Å². The van der Waals surface area contributed by atoms with Crippen LogP contribution in [0.25, 0.3) is 11.0 Å². The van der Waals surface area contributed by atoms with Gasteiger partial charge in [0.25, 0.3) is 5.91 Å². The van der Waals surface area contributed by atoms with Crippen molar-refractivity contribution in [2.75, 3.05) is 5.75 Å². The highest BCUT2D eigenvalue weighted by molar-refractivity contribution is 8.01. The van der Waals surface area contributed by atoms with Gasteiger partial charge in [0.15, 0.2) is 10.6 Å². The molecule has 2 aromatic heterocycles. The Bertz CT molecular complexity index is 1700. The molecule has 1 aliphatic heterocycles. The van der Waals surface area contributed by atoms with Crippen LogP contribution in [-0.4, -0.2) is 43.0 Å². The summed E-state index contributed by atoms with van der Waals surface area (Å²) in [6.45, 7) is 4.43. The quantitative estimate of drug-likeness (QED) is 0.199. The third kappa shape index (κ3) is 6.92. The predicted octanol–water partition coefficient (Wildman–Crippen LogP) is 5.80. The minimum atomic E-state index is -0.572. The van der Waals surface area contributed by atoms with Crippen LogP contribution in [0.15, 0.2) is 83.3 Å². The van der Waals surface area contributed by atoms with Gasteiger partial charge >= 0.3 is 0 Å². The van der Waals surface area contributed by atoms with E-state index in [9.17, 15) is 9.90 Å². The fraction of sp³-hybridized carbons (Fsp3) is 0.281. The van der Waals surface area contributed by atoms with Crippen molar-refractivity contribution >= 4 is 40.0 Å². The van der Waals surface area contributed by atoms with Gasteiger partial charge in [-0.1, -0.05) is 90.7 Å². The number of fused-ring (bicyclic) bond motifs is 1. The fourth-order valence-corrected chi connectivity index (χ4v) is 6.94. The van der Waals surface area contributed by atoms with E-state index in [0.717, 1.165) is 37.1 Å². The number of para-hydroxylation sites is 2. The first-order valence-electron chi connectivity index (χ1n) is 14.0. The monoisotopic (exact) mass is 613 g/mol. The van der Waals surface area contributed by atoms with E-state index in [1.165, 1.54) is 6.20 Å². The van der Waals surface area contributed by atoms with E-state index in [-0.39, 0.29) is 36.3 Å². The van der Waals surface area contributed by atoms with Crippen molar-refractivity contribution < 1.29 is 19.4 Å². The number of nitrogens with zero attached hydrogens (tertiary/aromatic N) is 4. The number of carbonyl (C=O) groups excluding carboxylic acids is 1. The lowest BCUT2D eigenvalue weighted by Crippen LogP contribution is -2.38. The summed E-state index contributed by atoms with van der Waals surface area (Å²) >= 11 is 3.22. The number of hydrogen-bond donors (Lipinski definition) is 2. The number of aromatic nitrogens is 4. The SMILES string of the molecule is Cc1nnc(SCC2OC(c3ccc(CNC(=O)c4cnc5ccccc5n4)cc3)OC(c3ccc(CO)cc3)C2C)s1. The van der Waals surface area contributed by atoms with E-state index in [1.54, 1.807) is 23.1 Å². The first kappa shape index (κ1) is 29.3. The first-order valence-corrected chi connectivity index (χ1v) is 15.8. The average Bonchev–Trinajstić information content (AvgIpc) is 3.48. The largest absolute Gasteiger partial charge is 0.392 e. The second-order valence-corrected chi connectivity index (χ2v) is 12.8. The van der Waals surface area contributed by atoms with Crippen molar-refractivity contribution in [3.8, 4) is 0 Å². The number of benzene rings is 3. The molecule has 1 saturated heterocycles. The molecule has 11 heteroatoms. The maximum absolute atomic E-state index is 12.7. The summed E-state index contributed by atoms with van der Waals surface area (Å²) in [5, 5.41) is 21.7. The molecule has 220 valence electrons. The molecule has 2 N–H and O–H groups in total. The molecule has 4 atom stereocenters. The van der Waals surface area contributed by atoms with Gasteiger partial charge in [-0.3, -0.25) is 9.78 Å². The molecule has 4 unspecified atom stereocenters. The molecule has 3 aromatic carbocycles. The molecule has 0 saturated carbocycles. The van der Waals surface area contributed by atoms with Gasteiger partial charge in [-0.2, -0.15) is 0 Å². The highest BCUT2D eigenvalue weighted by atomic mass is 32.2. The maximum atomic E-state index is 12.7. The number of rotatable bonds is 9. The number of carbonyl (C=O) groups is 1. The van der Waals surface area contributed by atoms with Gasteiger partial charge in [0.1, 0.15) is 10.7 Å². The molecule has 6 rings (SSSR count). The minimum absolute atomic E-state index is 0.00388. The van der Waals surface area contributed by atoms with Crippen LogP contribution in [0, 0.1) is 12.8 Å². The second-order valence-electron chi connectivity index (χ2n) is 10.4. The number of aliphatic hydroxyl groups is 1. The standard InChI is InChI=1S/C32H31N5O4S2/c1-19-28(18-42-32-37-36-20(2)43-32)40-31(41-29(19)23-11-9-22(17-38)10-12-23)24-13-7-21(8-14-24)15-34-30(39)27-16-33-25-5-3-4-6-26(25)35-27/h3-14,16,19,28-29,31,38H,15,17-18H2,1-2H3,(H,34,39). The van der Waals surface area contributed by atoms with Gasteiger partial charge in [0.2, 0.25) is 0 Å². The van der Waals surface area contributed by atoms with Crippen LogP contribution < -0.4 is 5.32 Å². The highest BCUT2D eigenvalue weighted by Gasteiger charge is 2.38. The van der Waals surface area contributed by atoms with Crippen molar-refractivity contribution in [3.63, 3.8) is 0 Å². The van der Waals surface area contributed by atoms with Crippen LogP contribution in [0.4, 0.5) is 0 Å². The maximum Gasteiger partial charge on any atom is 0.271 e. The Morgan fingerprint density at radius 2 is 1.67 bits per heavy atom. The predicted molar refractivity (Wildman–Crippen MR) is 165 cm³/mol. The number of thioether (sulfide) groups is 1. The lowest BCUT2D eigenvalue weighted by molar-refractivity contribution is -0.268. The van der Waals surface area contributed by atoms with Crippen molar-refractivity contribution in [1.82, 2.24) is 25.5 Å². The molecule has 3 heterocycles. The molecule has 0 aliphatic carbocycles. The van der Waals surface area contributed by atoms with Crippen molar-refractivity contribution in [1.29, 1.82) is 0 Å². The van der Waals surface area contributed by atoms with Crippen LogP contribution in [0.3, 0.4) is 0 Å². The molecule has 0 radical (unpaired) electrons.